The molecule has 144 valence electrons. The minimum atomic E-state index is -3.06. The lowest BCUT2D eigenvalue weighted by molar-refractivity contribution is 0.0279. The molecule has 0 radical (unpaired) electrons. The quantitative estimate of drug-likeness (QED) is 0.559. The van der Waals surface area contributed by atoms with Gasteiger partial charge >= 0.3 is 35.2 Å². The third kappa shape index (κ3) is 6.37. The first-order chi connectivity index (χ1) is 11.1. The van der Waals surface area contributed by atoms with Gasteiger partial charge < -0.3 is 34.2 Å². The molecular weight excluding hydrogens is 384 g/mol. The Hall–Kier alpha value is 0.548. The van der Waals surface area contributed by atoms with Crippen LogP contribution in [0.4, 0.5) is 0 Å². The third-order valence-electron chi connectivity index (χ3n) is 3.11. The highest BCUT2D eigenvalue weighted by Gasteiger charge is 2.62. The molecule has 0 atom stereocenters. The van der Waals surface area contributed by atoms with E-state index in [0.29, 0.717) is 26.4 Å². The molecule has 0 amide bonds. The summed E-state index contributed by atoms with van der Waals surface area (Å²) in [6, 6.07) is 0. The lowest BCUT2D eigenvalue weighted by atomic mass is 10.9. The molecular formula is C12H32O8Si4. The van der Waals surface area contributed by atoms with E-state index in [1.165, 1.54) is 0 Å². The molecule has 0 aromatic carbocycles. The zero-order valence-corrected chi connectivity index (χ0v) is 20.1. The van der Waals surface area contributed by atoms with E-state index < -0.39 is 35.2 Å². The van der Waals surface area contributed by atoms with Crippen molar-refractivity contribution >= 4 is 35.2 Å². The summed E-state index contributed by atoms with van der Waals surface area (Å²) in [7, 11) is -12.2. The van der Waals surface area contributed by atoms with Crippen molar-refractivity contribution in [2.45, 2.75) is 53.9 Å². The molecule has 1 saturated heterocycles. The van der Waals surface area contributed by atoms with E-state index in [-0.39, 0.29) is 0 Å². The van der Waals surface area contributed by atoms with Crippen molar-refractivity contribution in [2.24, 2.45) is 0 Å². The maximum Gasteiger partial charge on any atom is 0.482 e. The summed E-state index contributed by atoms with van der Waals surface area (Å²) in [5.41, 5.74) is 0. The fraction of sp³-hybridized carbons (Fsp3) is 1.00. The normalized spacial score (nSPS) is 41.0. The van der Waals surface area contributed by atoms with Gasteiger partial charge in [-0.05, 0) is 27.7 Å². The summed E-state index contributed by atoms with van der Waals surface area (Å²) in [4.78, 5) is 0. The lowest BCUT2D eigenvalue weighted by Gasteiger charge is -2.46. The van der Waals surface area contributed by atoms with E-state index in [0.717, 1.165) is 0 Å². The smallest absolute Gasteiger partial charge is 0.375 e. The number of rotatable bonds is 8. The molecule has 0 aromatic rings. The average molecular weight is 417 g/mol. The highest BCUT2D eigenvalue weighted by Crippen LogP contribution is 2.32. The molecule has 1 heterocycles. The molecule has 0 spiro atoms. The maximum atomic E-state index is 6.25. The summed E-state index contributed by atoms with van der Waals surface area (Å²) in [5.74, 6) is 0. The van der Waals surface area contributed by atoms with Crippen LogP contribution in [-0.2, 0) is 34.2 Å². The summed E-state index contributed by atoms with van der Waals surface area (Å²) in [5, 5.41) is 0. The SMILES string of the molecule is CCO[Si]1(C)O[Si](C)(OCC)O[Si](C)(OCC)O[Si](C)(OCC)O1. The first-order valence-electron chi connectivity index (χ1n) is 8.43. The van der Waals surface area contributed by atoms with Gasteiger partial charge in [-0.1, -0.05) is 0 Å². The van der Waals surface area contributed by atoms with Crippen molar-refractivity contribution in [1.29, 1.82) is 0 Å². The average Bonchev–Trinajstić information content (AvgIpc) is 2.35. The van der Waals surface area contributed by atoms with Gasteiger partial charge in [0.15, 0.2) is 0 Å². The zero-order valence-electron chi connectivity index (χ0n) is 16.1. The Labute approximate surface area is 150 Å². The van der Waals surface area contributed by atoms with Crippen LogP contribution in [0, 0.1) is 0 Å². The van der Waals surface area contributed by atoms with Gasteiger partial charge in [0, 0.05) is 52.6 Å². The van der Waals surface area contributed by atoms with Gasteiger partial charge in [0.25, 0.3) is 0 Å². The van der Waals surface area contributed by atoms with Crippen LogP contribution in [-0.4, -0.2) is 61.6 Å². The Balaban J connectivity index is 3.24. The standard InChI is InChI=1S/C12H32O8Si4/c1-9-13-21(5)17-22(6,14-10-2)19-24(8,16-12-4)20-23(7,18-21)15-11-3/h9-12H2,1-8H3. The van der Waals surface area contributed by atoms with E-state index in [2.05, 4.69) is 0 Å². The van der Waals surface area contributed by atoms with Gasteiger partial charge in [-0.25, -0.2) is 0 Å². The van der Waals surface area contributed by atoms with Gasteiger partial charge in [-0.3, -0.25) is 0 Å². The lowest BCUT2D eigenvalue weighted by Crippen LogP contribution is -2.70. The van der Waals surface area contributed by atoms with E-state index >= 15 is 0 Å². The predicted octanol–water partition coefficient (Wildman–Crippen LogP) is 2.49. The van der Waals surface area contributed by atoms with Crippen molar-refractivity contribution in [3.8, 4) is 0 Å². The number of hydrogen-bond acceptors (Lipinski definition) is 8. The van der Waals surface area contributed by atoms with Crippen LogP contribution in [0.25, 0.3) is 0 Å². The molecule has 8 nitrogen and oxygen atoms in total. The van der Waals surface area contributed by atoms with E-state index in [1.54, 1.807) is 0 Å². The molecule has 0 unspecified atom stereocenters. The highest BCUT2D eigenvalue weighted by atomic mass is 28.6. The summed E-state index contributed by atoms with van der Waals surface area (Å²) >= 11 is 0. The van der Waals surface area contributed by atoms with Gasteiger partial charge in [-0.2, -0.15) is 0 Å². The molecule has 1 aliphatic heterocycles. The molecule has 1 rings (SSSR count). The minimum Gasteiger partial charge on any atom is -0.375 e. The van der Waals surface area contributed by atoms with Gasteiger partial charge in [-0.15, -0.1) is 0 Å². The van der Waals surface area contributed by atoms with Crippen molar-refractivity contribution in [3.63, 3.8) is 0 Å². The van der Waals surface area contributed by atoms with Gasteiger partial charge in [0.1, 0.15) is 0 Å². The fourth-order valence-electron chi connectivity index (χ4n) is 2.71. The molecule has 12 heteroatoms. The van der Waals surface area contributed by atoms with Crippen LogP contribution in [0.1, 0.15) is 27.7 Å². The predicted molar refractivity (Wildman–Crippen MR) is 97.3 cm³/mol. The van der Waals surface area contributed by atoms with Crippen LogP contribution in [0.3, 0.4) is 0 Å². The molecule has 24 heavy (non-hydrogen) atoms. The van der Waals surface area contributed by atoms with Crippen LogP contribution in [0.15, 0.2) is 0 Å². The van der Waals surface area contributed by atoms with Crippen LogP contribution < -0.4 is 0 Å². The van der Waals surface area contributed by atoms with E-state index in [4.69, 9.17) is 34.2 Å². The first kappa shape index (κ1) is 22.6. The van der Waals surface area contributed by atoms with Crippen LogP contribution in [0.2, 0.25) is 26.2 Å². The molecule has 0 N–H and O–H groups in total. The highest BCUT2D eigenvalue weighted by molar-refractivity contribution is 6.87. The van der Waals surface area contributed by atoms with E-state index in [9.17, 15) is 0 Å². The summed E-state index contributed by atoms with van der Waals surface area (Å²) in [6.45, 7) is 16.7. The Bertz CT molecular complexity index is 319. The fourth-order valence-corrected chi connectivity index (χ4v) is 19.6. The number of hydrogen-bond donors (Lipinski definition) is 0. The van der Waals surface area contributed by atoms with Crippen molar-refractivity contribution in [3.05, 3.63) is 0 Å². The molecule has 0 aromatic heterocycles. The third-order valence-corrected chi connectivity index (χ3v) is 18.2. The second kappa shape index (κ2) is 8.96. The second-order valence-corrected chi connectivity index (χ2v) is 16.9. The molecule has 0 saturated carbocycles. The molecule has 1 aliphatic rings. The maximum absolute atomic E-state index is 6.25. The van der Waals surface area contributed by atoms with Crippen molar-refractivity contribution in [1.82, 2.24) is 0 Å². The van der Waals surface area contributed by atoms with Crippen LogP contribution in [0.5, 0.6) is 0 Å². The summed E-state index contributed by atoms with van der Waals surface area (Å²) in [6.07, 6.45) is 0. The molecule has 0 bridgehead atoms. The first-order valence-corrected chi connectivity index (χ1v) is 17.3. The zero-order chi connectivity index (χ0) is 18.5. The summed E-state index contributed by atoms with van der Waals surface area (Å²) < 4.78 is 48.3. The van der Waals surface area contributed by atoms with Gasteiger partial charge in [0.05, 0.1) is 0 Å². The Morgan fingerprint density at radius 3 is 0.750 bits per heavy atom. The minimum absolute atomic E-state index is 0.454. The Morgan fingerprint density at radius 1 is 0.458 bits per heavy atom. The Kier molecular flexibility index (Phi) is 8.44. The second-order valence-electron chi connectivity index (χ2n) is 5.59. The Morgan fingerprint density at radius 2 is 0.625 bits per heavy atom. The van der Waals surface area contributed by atoms with E-state index in [1.807, 2.05) is 53.9 Å². The van der Waals surface area contributed by atoms with Crippen LogP contribution >= 0.6 is 0 Å². The molecule has 1 fully saturated rings. The topological polar surface area (TPSA) is 73.8 Å². The monoisotopic (exact) mass is 416 g/mol. The largest absolute Gasteiger partial charge is 0.482 e. The van der Waals surface area contributed by atoms with Crippen molar-refractivity contribution < 1.29 is 34.2 Å². The van der Waals surface area contributed by atoms with Crippen molar-refractivity contribution in [2.75, 3.05) is 26.4 Å². The van der Waals surface area contributed by atoms with Gasteiger partial charge in [0.2, 0.25) is 0 Å². The molecule has 0 aliphatic carbocycles.